The van der Waals surface area contributed by atoms with Gasteiger partial charge in [0.15, 0.2) is 6.61 Å². The summed E-state index contributed by atoms with van der Waals surface area (Å²) in [6.45, 7) is 3.85. The molecule has 0 heterocycles. The molecule has 0 aliphatic rings. The standard InChI is InChI=1S/C19H21NO4/c1-14-8-9-17(10-15(14)2)23-13-18(21)20-11-19(22)24-12-16-6-4-3-5-7-16/h3-10H,11-13H2,1-2H3,(H,20,21). The van der Waals surface area contributed by atoms with Crippen LogP contribution in [-0.2, 0) is 20.9 Å². The van der Waals surface area contributed by atoms with Gasteiger partial charge in [-0.25, -0.2) is 0 Å². The van der Waals surface area contributed by atoms with Crippen LogP contribution in [0.3, 0.4) is 0 Å². The number of carbonyl (C=O) groups is 2. The van der Waals surface area contributed by atoms with Crippen molar-refractivity contribution >= 4 is 11.9 Å². The lowest BCUT2D eigenvalue weighted by Crippen LogP contribution is -2.34. The third-order valence-corrected chi connectivity index (χ3v) is 3.52. The molecule has 0 unspecified atom stereocenters. The van der Waals surface area contributed by atoms with Gasteiger partial charge in [-0.05, 0) is 42.7 Å². The van der Waals surface area contributed by atoms with E-state index in [1.54, 1.807) is 0 Å². The van der Waals surface area contributed by atoms with E-state index in [2.05, 4.69) is 5.32 Å². The minimum atomic E-state index is -0.488. The number of amides is 1. The number of nitrogens with one attached hydrogen (secondary N) is 1. The fourth-order valence-corrected chi connectivity index (χ4v) is 1.96. The molecule has 1 amide bonds. The summed E-state index contributed by atoms with van der Waals surface area (Å²) in [4.78, 5) is 23.3. The average molecular weight is 327 g/mol. The second kappa shape index (κ2) is 8.72. The SMILES string of the molecule is Cc1ccc(OCC(=O)NCC(=O)OCc2ccccc2)cc1C. The molecule has 0 saturated carbocycles. The topological polar surface area (TPSA) is 64.6 Å². The van der Waals surface area contributed by atoms with Crippen LogP contribution >= 0.6 is 0 Å². The van der Waals surface area contributed by atoms with E-state index in [1.165, 1.54) is 0 Å². The molecule has 126 valence electrons. The first-order valence-corrected chi connectivity index (χ1v) is 7.71. The van der Waals surface area contributed by atoms with E-state index in [-0.39, 0.29) is 25.7 Å². The van der Waals surface area contributed by atoms with Gasteiger partial charge in [-0.15, -0.1) is 0 Å². The number of carbonyl (C=O) groups excluding carboxylic acids is 2. The molecule has 0 radical (unpaired) electrons. The quantitative estimate of drug-likeness (QED) is 0.794. The number of aryl methyl sites for hydroxylation is 2. The Morgan fingerprint density at radius 2 is 1.75 bits per heavy atom. The number of hydrogen-bond donors (Lipinski definition) is 1. The van der Waals surface area contributed by atoms with Crippen LogP contribution in [0.2, 0.25) is 0 Å². The zero-order valence-electron chi connectivity index (χ0n) is 13.9. The Bertz CT molecular complexity index is 698. The molecule has 0 spiro atoms. The summed E-state index contributed by atoms with van der Waals surface area (Å²) >= 11 is 0. The van der Waals surface area contributed by atoms with Crippen LogP contribution in [-0.4, -0.2) is 25.0 Å². The van der Waals surface area contributed by atoms with Crippen molar-refractivity contribution in [2.24, 2.45) is 0 Å². The zero-order chi connectivity index (χ0) is 17.4. The predicted octanol–water partition coefficient (Wildman–Crippen LogP) is 2.54. The first-order valence-electron chi connectivity index (χ1n) is 7.71. The summed E-state index contributed by atoms with van der Waals surface area (Å²) in [6.07, 6.45) is 0. The summed E-state index contributed by atoms with van der Waals surface area (Å²) in [5, 5.41) is 2.48. The van der Waals surface area contributed by atoms with Gasteiger partial charge in [-0.1, -0.05) is 36.4 Å². The van der Waals surface area contributed by atoms with Gasteiger partial charge in [-0.2, -0.15) is 0 Å². The Labute approximate surface area is 141 Å². The number of hydrogen-bond acceptors (Lipinski definition) is 4. The van der Waals surface area contributed by atoms with Crippen molar-refractivity contribution in [3.8, 4) is 5.75 Å². The summed E-state index contributed by atoms with van der Waals surface area (Å²) in [5.74, 6) is -0.233. The smallest absolute Gasteiger partial charge is 0.325 e. The highest BCUT2D eigenvalue weighted by Gasteiger charge is 2.08. The molecule has 2 aromatic rings. The Morgan fingerprint density at radius 1 is 1.00 bits per heavy atom. The van der Waals surface area contributed by atoms with Gasteiger partial charge in [0, 0.05) is 0 Å². The number of benzene rings is 2. The van der Waals surface area contributed by atoms with Crippen LogP contribution in [0, 0.1) is 13.8 Å². The Morgan fingerprint density at radius 3 is 2.46 bits per heavy atom. The van der Waals surface area contributed by atoms with E-state index in [9.17, 15) is 9.59 Å². The van der Waals surface area contributed by atoms with Gasteiger partial charge >= 0.3 is 5.97 Å². The van der Waals surface area contributed by atoms with Gasteiger partial charge in [0.25, 0.3) is 5.91 Å². The molecule has 0 aliphatic carbocycles. The molecule has 24 heavy (non-hydrogen) atoms. The fraction of sp³-hybridized carbons (Fsp3) is 0.263. The van der Waals surface area contributed by atoms with Crippen LogP contribution in [0.25, 0.3) is 0 Å². The second-order valence-electron chi connectivity index (χ2n) is 5.46. The molecular weight excluding hydrogens is 306 g/mol. The highest BCUT2D eigenvalue weighted by Crippen LogP contribution is 2.16. The fourth-order valence-electron chi connectivity index (χ4n) is 1.96. The van der Waals surface area contributed by atoms with Crippen molar-refractivity contribution in [1.82, 2.24) is 5.32 Å². The monoisotopic (exact) mass is 327 g/mol. The Hall–Kier alpha value is -2.82. The maximum Gasteiger partial charge on any atom is 0.325 e. The molecule has 5 nitrogen and oxygen atoms in total. The third-order valence-electron chi connectivity index (χ3n) is 3.52. The first-order chi connectivity index (χ1) is 11.5. The van der Waals surface area contributed by atoms with E-state index in [0.717, 1.165) is 16.7 Å². The largest absolute Gasteiger partial charge is 0.484 e. The maximum absolute atomic E-state index is 11.7. The summed E-state index contributed by atoms with van der Waals surface area (Å²) in [7, 11) is 0. The molecule has 0 bridgehead atoms. The molecule has 2 rings (SSSR count). The normalized spacial score (nSPS) is 10.1. The van der Waals surface area contributed by atoms with Crippen LogP contribution in [0.5, 0.6) is 5.75 Å². The van der Waals surface area contributed by atoms with Crippen LogP contribution in [0.15, 0.2) is 48.5 Å². The molecule has 0 saturated heterocycles. The highest BCUT2D eigenvalue weighted by atomic mass is 16.5. The summed E-state index contributed by atoms with van der Waals surface area (Å²) in [6, 6.07) is 15.0. The minimum Gasteiger partial charge on any atom is -0.484 e. The van der Waals surface area contributed by atoms with Gasteiger partial charge in [0.2, 0.25) is 0 Å². The van der Waals surface area contributed by atoms with E-state index in [1.807, 2.05) is 62.4 Å². The van der Waals surface area contributed by atoms with E-state index >= 15 is 0 Å². The van der Waals surface area contributed by atoms with Crippen molar-refractivity contribution in [2.75, 3.05) is 13.2 Å². The zero-order valence-corrected chi connectivity index (χ0v) is 13.9. The van der Waals surface area contributed by atoms with Crippen molar-refractivity contribution in [2.45, 2.75) is 20.5 Å². The lowest BCUT2D eigenvalue weighted by molar-refractivity contribution is -0.145. The molecule has 0 aliphatic heterocycles. The molecule has 5 heteroatoms. The lowest BCUT2D eigenvalue weighted by Gasteiger charge is -2.09. The minimum absolute atomic E-state index is 0.144. The van der Waals surface area contributed by atoms with Crippen molar-refractivity contribution in [1.29, 1.82) is 0 Å². The van der Waals surface area contributed by atoms with Crippen LogP contribution in [0.4, 0.5) is 0 Å². The number of rotatable bonds is 7. The lowest BCUT2D eigenvalue weighted by atomic mass is 10.1. The Balaban J connectivity index is 1.67. The molecule has 0 atom stereocenters. The van der Waals surface area contributed by atoms with Crippen LogP contribution < -0.4 is 10.1 Å². The van der Waals surface area contributed by atoms with Gasteiger partial charge < -0.3 is 14.8 Å². The van der Waals surface area contributed by atoms with E-state index in [0.29, 0.717) is 5.75 Å². The Kier molecular flexibility index (Phi) is 6.37. The third kappa shape index (κ3) is 5.76. The number of esters is 1. The van der Waals surface area contributed by atoms with Gasteiger partial charge in [-0.3, -0.25) is 9.59 Å². The molecule has 1 N–H and O–H groups in total. The second-order valence-corrected chi connectivity index (χ2v) is 5.46. The van der Waals surface area contributed by atoms with Crippen molar-refractivity contribution in [3.63, 3.8) is 0 Å². The van der Waals surface area contributed by atoms with Crippen molar-refractivity contribution < 1.29 is 19.1 Å². The summed E-state index contributed by atoms with van der Waals surface area (Å²) in [5.41, 5.74) is 3.15. The van der Waals surface area contributed by atoms with Crippen molar-refractivity contribution in [3.05, 3.63) is 65.2 Å². The predicted molar refractivity (Wildman–Crippen MR) is 90.7 cm³/mol. The molecular formula is C19H21NO4. The maximum atomic E-state index is 11.7. The average Bonchev–Trinajstić information content (AvgIpc) is 2.60. The van der Waals surface area contributed by atoms with Gasteiger partial charge in [0.1, 0.15) is 18.9 Å². The molecule has 2 aromatic carbocycles. The van der Waals surface area contributed by atoms with Gasteiger partial charge in [0.05, 0.1) is 0 Å². The van der Waals surface area contributed by atoms with Crippen LogP contribution in [0.1, 0.15) is 16.7 Å². The van der Waals surface area contributed by atoms with E-state index < -0.39 is 5.97 Å². The highest BCUT2D eigenvalue weighted by molar-refractivity contribution is 5.82. The molecule has 0 aromatic heterocycles. The summed E-state index contributed by atoms with van der Waals surface area (Å²) < 4.78 is 10.5. The number of ether oxygens (including phenoxy) is 2. The van der Waals surface area contributed by atoms with E-state index in [4.69, 9.17) is 9.47 Å². The molecule has 0 fully saturated rings. The first kappa shape index (κ1) is 17.5.